The summed E-state index contributed by atoms with van der Waals surface area (Å²) in [4.78, 5) is 12.3. The van der Waals surface area contributed by atoms with E-state index in [0.717, 1.165) is 22.5 Å². The number of ether oxygens (including phenoxy) is 1. The van der Waals surface area contributed by atoms with Gasteiger partial charge in [0.1, 0.15) is 11.3 Å². The van der Waals surface area contributed by atoms with E-state index in [2.05, 4.69) is 20.6 Å². The van der Waals surface area contributed by atoms with Crippen molar-refractivity contribution in [3.05, 3.63) is 72.0 Å². The lowest BCUT2D eigenvalue weighted by molar-refractivity contribution is -0.113. The summed E-state index contributed by atoms with van der Waals surface area (Å²) in [5.74, 6) is 0.853. The lowest BCUT2D eigenvalue weighted by Crippen LogP contribution is -2.14. The highest BCUT2D eigenvalue weighted by Gasteiger charge is 2.14. The van der Waals surface area contributed by atoms with Crippen LogP contribution < -0.4 is 10.1 Å². The second-order valence-electron chi connectivity index (χ2n) is 6.91. The SMILES string of the molecule is COc1ccc(-c2cc3c4nnc(SCC(=O)Nc5ccc(Cl)cc5)n4ccn3n2)cc1. The molecule has 0 unspecified atom stereocenters. The Labute approximate surface area is 192 Å². The van der Waals surface area contributed by atoms with Crippen molar-refractivity contribution in [3.8, 4) is 17.0 Å². The van der Waals surface area contributed by atoms with Gasteiger partial charge in [-0.25, -0.2) is 4.52 Å². The third-order valence-corrected chi connectivity index (χ3v) is 6.03. The van der Waals surface area contributed by atoms with E-state index in [0.29, 0.717) is 21.5 Å². The fraction of sp³-hybridized carbons (Fsp3) is 0.0909. The third-order valence-electron chi connectivity index (χ3n) is 4.83. The van der Waals surface area contributed by atoms with Crippen LogP contribution in [-0.2, 0) is 4.79 Å². The molecule has 32 heavy (non-hydrogen) atoms. The maximum Gasteiger partial charge on any atom is 0.234 e. The number of hydrogen-bond acceptors (Lipinski definition) is 6. The van der Waals surface area contributed by atoms with Crippen molar-refractivity contribution in [1.29, 1.82) is 0 Å². The van der Waals surface area contributed by atoms with Gasteiger partial charge in [-0.1, -0.05) is 23.4 Å². The minimum absolute atomic E-state index is 0.138. The van der Waals surface area contributed by atoms with Gasteiger partial charge >= 0.3 is 0 Å². The molecule has 2 aromatic carbocycles. The van der Waals surface area contributed by atoms with E-state index in [-0.39, 0.29) is 11.7 Å². The molecule has 3 aromatic heterocycles. The maximum absolute atomic E-state index is 12.3. The van der Waals surface area contributed by atoms with Crippen molar-refractivity contribution in [2.75, 3.05) is 18.2 Å². The summed E-state index contributed by atoms with van der Waals surface area (Å²) in [6, 6.07) is 16.7. The first-order chi connectivity index (χ1) is 15.6. The van der Waals surface area contributed by atoms with Crippen molar-refractivity contribution >= 4 is 46.1 Å². The standard InChI is InChI=1S/C22H17ClN6O2S/c1-31-17-8-2-14(3-9-17)18-12-19-21-25-26-22(28(21)10-11-29(19)27-18)32-13-20(30)24-16-6-4-15(23)5-7-16/h2-12H,13H2,1H3,(H,24,30). The molecule has 0 spiro atoms. The Morgan fingerprint density at radius 2 is 1.88 bits per heavy atom. The van der Waals surface area contributed by atoms with Crippen LogP contribution in [0.15, 0.2) is 72.1 Å². The topological polar surface area (TPSA) is 85.8 Å². The Kier molecular flexibility index (Phi) is 5.42. The number of nitrogens with one attached hydrogen (secondary N) is 1. The van der Waals surface area contributed by atoms with Gasteiger partial charge in [0.05, 0.1) is 18.6 Å². The van der Waals surface area contributed by atoms with Gasteiger partial charge in [-0.3, -0.25) is 9.20 Å². The summed E-state index contributed by atoms with van der Waals surface area (Å²) in [5, 5.41) is 17.3. The largest absolute Gasteiger partial charge is 0.497 e. The number of amides is 1. The van der Waals surface area contributed by atoms with E-state index in [4.69, 9.17) is 16.3 Å². The Morgan fingerprint density at radius 3 is 2.62 bits per heavy atom. The van der Waals surface area contributed by atoms with E-state index >= 15 is 0 Å². The van der Waals surface area contributed by atoms with Gasteiger partial charge in [0.25, 0.3) is 0 Å². The van der Waals surface area contributed by atoms with Crippen molar-refractivity contribution in [2.45, 2.75) is 5.16 Å². The van der Waals surface area contributed by atoms with Crippen LogP contribution in [0.2, 0.25) is 5.02 Å². The molecular weight excluding hydrogens is 448 g/mol. The van der Waals surface area contributed by atoms with E-state index < -0.39 is 0 Å². The monoisotopic (exact) mass is 464 g/mol. The predicted molar refractivity (Wildman–Crippen MR) is 125 cm³/mol. The van der Waals surface area contributed by atoms with Gasteiger partial charge in [-0.2, -0.15) is 5.10 Å². The van der Waals surface area contributed by atoms with E-state index in [1.54, 1.807) is 35.9 Å². The molecule has 0 fully saturated rings. The van der Waals surface area contributed by atoms with Crippen LogP contribution in [0.5, 0.6) is 5.75 Å². The van der Waals surface area contributed by atoms with Crippen molar-refractivity contribution in [2.24, 2.45) is 0 Å². The average Bonchev–Trinajstić information content (AvgIpc) is 3.43. The Morgan fingerprint density at radius 1 is 1.09 bits per heavy atom. The van der Waals surface area contributed by atoms with E-state index in [1.165, 1.54) is 11.8 Å². The lowest BCUT2D eigenvalue weighted by atomic mass is 10.1. The van der Waals surface area contributed by atoms with Crippen LogP contribution in [0.25, 0.3) is 22.4 Å². The minimum atomic E-state index is -0.138. The highest BCUT2D eigenvalue weighted by Crippen LogP contribution is 2.25. The summed E-state index contributed by atoms with van der Waals surface area (Å²) in [7, 11) is 1.64. The number of methoxy groups -OCH3 is 1. The number of carbonyl (C=O) groups excluding carboxylic acids is 1. The van der Waals surface area contributed by atoms with Crippen LogP contribution >= 0.6 is 23.4 Å². The predicted octanol–water partition coefficient (Wildman–Crippen LogP) is 4.44. The zero-order chi connectivity index (χ0) is 22.1. The Bertz CT molecular complexity index is 1410. The van der Waals surface area contributed by atoms with Crippen molar-refractivity contribution in [3.63, 3.8) is 0 Å². The normalized spacial score (nSPS) is 11.2. The summed E-state index contributed by atoms with van der Waals surface area (Å²) in [5.41, 5.74) is 3.97. The number of hydrogen-bond donors (Lipinski definition) is 1. The Hall–Kier alpha value is -3.56. The number of aromatic nitrogens is 5. The second kappa shape index (κ2) is 8.52. The highest BCUT2D eigenvalue weighted by molar-refractivity contribution is 7.99. The smallest absolute Gasteiger partial charge is 0.234 e. The average molecular weight is 465 g/mol. The van der Waals surface area contributed by atoms with Gasteiger partial charge in [0, 0.05) is 28.7 Å². The van der Waals surface area contributed by atoms with Crippen LogP contribution in [0.3, 0.4) is 0 Å². The van der Waals surface area contributed by atoms with E-state index in [9.17, 15) is 4.79 Å². The zero-order valence-electron chi connectivity index (χ0n) is 16.9. The third kappa shape index (κ3) is 4.00. The number of carbonyl (C=O) groups is 1. The molecule has 160 valence electrons. The molecule has 0 bridgehead atoms. The number of nitrogens with zero attached hydrogens (tertiary/aromatic N) is 5. The first-order valence-electron chi connectivity index (χ1n) is 9.66. The number of benzene rings is 2. The summed E-state index contributed by atoms with van der Waals surface area (Å²) in [6.07, 6.45) is 3.68. The molecule has 0 aliphatic carbocycles. The molecule has 8 nitrogen and oxygen atoms in total. The molecular formula is C22H17ClN6O2S. The first kappa shape index (κ1) is 20.3. The molecule has 0 atom stereocenters. The summed E-state index contributed by atoms with van der Waals surface area (Å²) in [6.45, 7) is 0. The first-order valence-corrected chi connectivity index (χ1v) is 11.0. The fourth-order valence-electron chi connectivity index (χ4n) is 3.25. The number of rotatable bonds is 6. The molecule has 1 amide bonds. The van der Waals surface area contributed by atoms with Crippen molar-refractivity contribution in [1.82, 2.24) is 24.2 Å². The van der Waals surface area contributed by atoms with Crippen LogP contribution in [0.4, 0.5) is 5.69 Å². The Balaban J connectivity index is 1.35. The van der Waals surface area contributed by atoms with Crippen LogP contribution in [0.1, 0.15) is 0 Å². The molecule has 1 N–H and O–H groups in total. The summed E-state index contributed by atoms with van der Waals surface area (Å²) < 4.78 is 8.84. The fourth-order valence-corrected chi connectivity index (χ4v) is 4.10. The van der Waals surface area contributed by atoms with Gasteiger partial charge in [0.15, 0.2) is 10.8 Å². The lowest BCUT2D eigenvalue weighted by Gasteiger charge is -2.04. The van der Waals surface area contributed by atoms with Gasteiger partial charge in [0.2, 0.25) is 5.91 Å². The molecule has 0 saturated heterocycles. The van der Waals surface area contributed by atoms with E-state index in [1.807, 2.05) is 47.1 Å². The van der Waals surface area contributed by atoms with Gasteiger partial charge in [-0.05, 0) is 54.6 Å². The minimum Gasteiger partial charge on any atom is -0.497 e. The molecule has 0 aliphatic heterocycles. The molecule has 3 heterocycles. The number of anilines is 1. The molecule has 0 radical (unpaired) electrons. The molecule has 5 rings (SSSR count). The summed E-state index contributed by atoms with van der Waals surface area (Å²) >= 11 is 7.19. The molecule has 0 aliphatic rings. The number of fused-ring (bicyclic) bond motifs is 3. The van der Waals surface area contributed by atoms with Gasteiger partial charge in [-0.15, -0.1) is 10.2 Å². The second-order valence-corrected chi connectivity index (χ2v) is 8.28. The van der Waals surface area contributed by atoms with Gasteiger partial charge < -0.3 is 10.1 Å². The van der Waals surface area contributed by atoms with Crippen LogP contribution in [-0.4, -0.2) is 43.0 Å². The number of halogens is 1. The maximum atomic E-state index is 12.3. The molecule has 0 saturated carbocycles. The quantitative estimate of drug-likeness (QED) is 0.374. The van der Waals surface area contributed by atoms with Crippen LogP contribution in [0, 0.1) is 0 Å². The highest BCUT2D eigenvalue weighted by atomic mass is 35.5. The zero-order valence-corrected chi connectivity index (χ0v) is 18.5. The number of thioether (sulfide) groups is 1. The molecule has 10 heteroatoms. The molecule has 5 aromatic rings. The van der Waals surface area contributed by atoms with Crippen molar-refractivity contribution < 1.29 is 9.53 Å².